The lowest BCUT2D eigenvalue weighted by atomic mass is 10.1. The highest BCUT2D eigenvalue weighted by Gasteiger charge is 2.14. The van der Waals surface area contributed by atoms with Crippen LogP contribution in [0.3, 0.4) is 0 Å². The first-order chi connectivity index (χ1) is 14.5. The topological polar surface area (TPSA) is 64.0 Å². The van der Waals surface area contributed by atoms with Gasteiger partial charge in [0, 0.05) is 12.2 Å². The Kier molecular flexibility index (Phi) is 7.69. The zero-order valence-electron chi connectivity index (χ0n) is 17.9. The number of hydrogen-bond donors (Lipinski definition) is 1. The minimum atomic E-state index is -0.103. The Hall–Kier alpha value is -2.60. The average Bonchev–Trinajstić information content (AvgIpc) is 2.74. The fourth-order valence-electron chi connectivity index (χ4n) is 3.35. The molecular weight excluding hydrogens is 394 g/mol. The highest BCUT2D eigenvalue weighted by Crippen LogP contribution is 2.21. The van der Waals surface area contributed by atoms with Crippen molar-refractivity contribution in [3.8, 4) is 0 Å². The van der Waals surface area contributed by atoms with Crippen LogP contribution < -0.4 is 10.9 Å². The van der Waals surface area contributed by atoms with Crippen LogP contribution in [0.5, 0.6) is 0 Å². The van der Waals surface area contributed by atoms with Gasteiger partial charge >= 0.3 is 0 Å². The van der Waals surface area contributed by atoms with Crippen LogP contribution in [0.4, 0.5) is 5.69 Å². The molecule has 3 aromatic rings. The van der Waals surface area contributed by atoms with Crippen molar-refractivity contribution in [2.24, 2.45) is 0 Å². The van der Waals surface area contributed by atoms with Gasteiger partial charge in [0.2, 0.25) is 5.91 Å². The lowest BCUT2D eigenvalue weighted by molar-refractivity contribution is -0.113. The van der Waals surface area contributed by atoms with Crippen LogP contribution in [0.1, 0.15) is 43.7 Å². The second kappa shape index (κ2) is 10.4. The number of nitrogens with zero attached hydrogens (tertiary/aromatic N) is 2. The first-order valence-electron chi connectivity index (χ1n) is 10.5. The van der Waals surface area contributed by atoms with E-state index in [9.17, 15) is 9.59 Å². The van der Waals surface area contributed by atoms with E-state index in [1.807, 2.05) is 56.3 Å². The van der Waals surface area contributed by atoms with Crippen molar-refractivity contribution in [3.63, 3.8) is 0 Å². The van der Waals surface area contributed by atoms with Gasteiger partial charge in [-0.25, -0.2) is 4.98 Å². The number of amides is 1. The van der Waals surface area contributed by atoms with E-state index in [0.29, 0.717) is 22.6 Å². The van der Waals surface area contributed by atoms with Gasteiger partial charge in [-0.3, -0.25) is 14.2 Å². The molecule has 0 unspecified atom stereocenters. The molecule has 0 atom stereocenters. The summed E-state index contributed by atoms with van der Waals surface area (Å²) in [5.41, 5.74) is 3.66. The number of anilines is 1. The van der Waals surface area contributed by atoms with E-state index >= 15 is 0 Å². The number of nitrogens with one attached hydrogen (secondary N) is 1. The number of unbranched alkanes of at least 4 members (excludes halogenated alkanes) is 3. The van der Waals surface area contributed by atoms with E-state index in [0.717, 1.165) is 42.5 Å². The number of para-hydroxylation sites is 1. The highest BCUT2D eigenvalue weighted by molar-refractivity contribution is 7.99. The summed E-state index contributed by atoms with van der Waals surface area (Å²) in [6.07, 6.45) is 4.30. The minimum absolute atomic E-state index is 0.0328. The number of hydrogen-bond acceptors (Lipinski definition) is 4. The SMILES string of the molecule is CCCCCCn1c(SCC(=O)Nc2cccc(C)c2C)nc2ccccc2c1=O. The summed E-state index contributed by atoms with van der Waals surface area (Å²) in [6.45, 7) is 6.81. The normalized spacial score (nSPS) is 11.0. The number of carbonyl (C=O) groups excluding carboxylic acids is 1. The predicted octanol–water partition coefficient (Wildman–Crippen LogP) is 5.32. The van der Waals surface area contributed by atoms with Crippen molar-refractivity contribution in [1.82, 2.24) is 9.55 Å². The molecule has 0 fully saturated rings. The summed E-state index contributed by atoms with van der Waals surface area (Å²) in [6, 6.07) is 13.3. The second-order valence-corrected chi connectivity index (χ2v) is 8.46. The molecule has 0 bridgehead atoms. The lowest BCUT2D eigenvalue weighted by Gasteiger charge is -2.14. The third-order valence-corrected chi connectivity index (χ3v) is 6.25. The molecule has 1 N–H and O–H groups in total. The van der Waals surface area contributed by atoms with Gasteiger partial charge in [0.1, 0.15) is 0 Å². The van der Waals surface area contributed by atoms with Crippen LogP contribution in [-0.2, 0) is 11.3 Å². The van der Waals surface area contributed by atoms with Crippen molar-refractivity contribution < 1.29 is 4.79 Å². The summed E-state index contributed by atoms with van der Waals surface area (Å²) in [7, 11) is 0. The monoisotopic (exact) mass is 423 g/mol. The van der Waals surface area contributed by atoms with Crippen molar-refractivity contribution in [2.75, 3.05) is 11.1 Å². The third-order valence-electron chi connectivity index (χ3n) is 5.27. The molecule has 0 aliphatic carbocycles. The number of rotatable bonds is 9. The quantitative estimate of drug-likeness (QED) is 0.287. The molecule has 0 aliphatic heterocycles. The van der Waals surface area contributed by atoms with Crippen LogP contribution in [0.2, 0.25) is 0 Å². The van der Waals surface area contributed by atoms with E-state index < -0.39 is 0 Å². The summed E-state index contributed by atoms with van der Waals surface area (Å²) in [4.78, 5) is 30.3. The summed E-state index contributed by atoms with van der Waals surface area (Å²) < 4.78 is 1.73. The van der Waals surface area contributed by atoms with Gasteiger partial charge in [-0.05, 0) is 49.6 Å². The molecule has 1 amide bonds. The van der Waals surface area contributed by atoms with Gasteiger partial charge in [0.05, 0.1) is 16.7 Å². The Bertz CT molecular complexity index is 1090. The Labute approximate surface area is 181 Å². The van der Waals surface area contributed by atoms with E-state index in [-0.39, 0.29) is 17.2 Å². The molecule has 158 valence electrons. The van der Waals surface area contributed by atoms with Crippen LogP contribution in [-0.4, -0.2) is 21.2 Å². The third kappa shape index (κ3) is 5.30. The number of carbonyl (C=O) groups is 1. The maximum Gasteiger partial charge on any atom is 0.262 e. The highest BCUT2D eigenvalue weighted by atomic mass is 32.2. The number of aryl methyl sites for hydroxylation is 1. The molecule has 30 heavy (non-hydrogen) atoms. The maximum absolute atomic E-state index is 13.0. The van der Waals surface area contributed by atoms with E-state index in [1.54, 1.807) is 4.57 Å². The molecule has 2 aromatic carbocycles. The number of thioether (sulfide) groups is 1. The van der Waals surface area contributed by atoms with Crippen molar-refractivity contribution in [2.45, 2.75) is 58.2 Å². The molecular formula is C24H29N3O2S. The van der Waals surface area contributed by atoms with Crippen LogP contribution in [0, 0.1) is 13.8 Å². The molecule has 5 nitrogen and oxygen atoms in total. The van der Waals surface area contributed by atoms with Gasteiger partial charge in [-0.1, -0.05) is 62.2 Å². The Morgan fingerprint density at radius 1 is 1.07 bits per heavy atom. The molecule has 0 spiro atoms. The zero-order chi connectivity index (χ0) is 21.5. The Morgan fingerprint density at radius 2 is 1.87 bits per heavy atom. The lowest BCUT2D eigenvalue weighted by Crippen LogP contribution is -2.24. The molecule has 6 heteroatoms. The van der Waals surface area contributed by atoms with Gasteiger partial charge in [-0.15, -0.1) is 0 Å². The molecule has 0 aliphatic rings. The Balaban J connectivity index is 1.78. The first kappa shape index (κ1) is 22.1. The smallest absolute Gasteiger partial charge is 0.262 e. The average molecular weight is 424 g/mol. The van der Waals surface area contributed by atoms with E-state index in [4.69, 9.17) is 4.98 Å². The van der Waals surface area contributed by atoms with Crippen LogP contribution in [0.15, 0.2) is 52.4 Å². The van der Waals surface area contributed by atoms with Crippen molar-refractivity contribution >= 4 is 34.3 Å². The van der Waals surface area contributed by atoms with Crippen LogP contribution >= 0.6 is 11.8 Å². The van der Waals surface area contributed by atoms with Gasteiger partial charge in [0.25, 0.3) is 5.56 Å². The molecule has 1 heterocycles. The molecule has 0 radical (unpaired) electrons. The fraction of sp³-hybridized carbons (Fsp3) is 0.375. The second-order valence-electron chi connectivity index (χ2n) is 7.51. The first-order valence-corrected chi connectivity index (χ1v) is 11.5. The maximum atomic E-state index is 13.0. The van der Waals surface area contributed by atoms with Gasteiger partial charge in [-0.2, -0.15) is 0 Å². The minimum Gasteiger partial charge on any atom is -0.325 e. The zero-order valence-corrected chi connectivity index (χ0v) is 18.7. The van der Waals surface area contributed by atoms with Gasteiger partial charge in [0.15, 0.2) is 5.16 Å². The van der Waals surface area contributed by atoms with Crippen molar-refractivity contribution in [1.29, 1.82) is 0 Å². The van der Waals surface area contributed by atoms with Crippen LogP contribution in [0.25, 0.3) is 10.9 Å². The summed E-state index contributed by atoms with van der Waals surface area (Å²) in [5.74, 6) is 0.0984. The molecule has 3 rings (SSSR count). The van der Waals surface area contributed by atoms with Crippen molar-refractivity contribution in [3.05, 3.63) is 63.9 Å². The largest absolute Gasteiger partial charge is 0.325 e. The number of aromatic nitrogens is 2. The molecule has 0 saturated heterocycles. The molecule has 0 saturated carbocycles. The predicted molar refractivity (Wildman–Crippen MR) is 125 cm³/mol. The number of benzene rings is 2. The summed E-state index contributed by atoms with van der Waals surface area (Å²) >= 11 is 1.32. The Morgan fingerprint density at radius 3 is 2.67 bits per heavy atom. The molecule has 1 aromatic heterocycles. The fourth-order valence-corrected chi connectivity index (χ4v) is 4.18. The number of fused-ring (bicyclic) bond motifs is 1. The van der Waals surface area contributed by atoms with Gasteiger partial charge < -0.3 is 5.32 Å². The standard InChI is InChI=1S/C24H29N3O2S/c1-4-5-6-9-15-27-23(29)19-12-7-8-13-21(19)26-24(27)30-16-22(28)25-20-14-10-11-17(2)18(20)3/h7-8,10-14H,4-6,9,15-16H2,1-3H3,(H,25,28). The van der Waals surface area contributed by atoms with E-state index in [1.165, 1.54) is 11.8 Å². The summed E-state index contributed by atoms with van der Waals surface area (Å²) in [5, 5.41) is 4.20. The van der Waals surface area contributed by atoms with E-state index in [2.05, 4.69) is 12.2 Å².